The molecule has 1 heterocycles. The zero-order chi connectivity index (χ0) is 15.9. The monoisotopic (exact) mass is 315 g/mol. The first-order valence-corrected chi connectivity index (χ1v) is 8.16. The van der Waals surface area contributed by atoms with Gasteiger partial charge in [0.15, 0.2) is 0 Å². The first-order valence-electron chi connectivity index (χ1n) is 7.28. The van der Waals surface area contributed by atoms with Crippen LogP contribution < -0.4 is 4.74 Å². The predicted molar refractivity (Wildman–Crippen MR) is 92.2 cm³/mol. The Kier molecular flexibility index (Phi) is 5.78. The number of carbonyl (C=O) groups is 1. The van der Waals surface area contributed by atoms with Crippen LogP contribution in [0.5, 0.6) is 5.75 Å². The van der Waals surface area contributed by atoms with Gasteiger partial charge in [0.2, 0.25) is 5.91 Å². The SMILES string of the molecule is CCN(Cc1cccs1)C(=O)/C=C/c1cc(C)ccc1OC. The third-order valence-electron chi connectivity index (χ3n) is 3.41. The van der Waals surface area contributed by atoms with E-state index in [0.717, 1.165) is 16.9 Å². The second-order valence-corrected chi connectivity index (χ2v) is 6.04. The Morgan fingerprint density at radius 3 is 2.82 bits per heavy atom. The summed E-state index contributed by atoms with van der Waals surface area (Å²) in [5.41, 5.74) is 2.06. The van der Waals surface area contributed by atoms with Crippen molar-refractivity contribution in [3.63, 3.8) is 0 Å². The Bertz CT molecular complexity index is 647. The molecule has 0 bridgehead atoms. The van der Waals surface area contributed by atoms with Crippen molar-refractivity contribution in [2.24, 2.45) is 0 Å². The van der Waals surface area contributed by atoms with E-state index >= 15 is 0 Å². The van der Waals surface area contributed by atoms with E-state index in [1.54, 1.807) is 24.5 Å². The number of hydrogen-bond acceptors (Lipinski definition) is 3. The molecule has 0 spiro atoms. The molecule has 2 aromatic rings. The molecule has 1 aromatic heterocycles. The molecule has 0 aliphatic heterocycles. The lowest BCUT2D eigenvalue weighted by molar-refractivity contribution is -0.126. The van der Waals surface area contributed by atoms with Gasteiger partial charge in [-0.1, -0.05) is 17.7 Å². The lowest BCUT2D eigenvalue weighted by Crippen LogP contribution is -2.28. The minimum Gasteiger partial charge on any atom is -0.496 e. The first kappa shape index (κ1) is 16.3. The van der Waals surface area contributed by atoms with Crippen LogP contribution in [0.25, 0.3) is 6.08 Å². The number of nitrogens with zero attached hydrogens (tertiary/aromatic N) is 1. The molecule has 0 N–H and O–H groups in total. The molecule has 0 saturated carbocycles. The first-order chi connectivity index (χ1) is 10.6. The number of aryl methyl sites for hydroxylation is 1. The molecule has 1 aromatic carbocycles. The van der Waals surface area contributed by atoms with Gasteiger partial charge in [-0.3, -0.25) is 4.79 Å². The molecule has 4 heteroatoms. The van der Waals surface area contributed by atoms with Crippen LogP contribution in [0.2, 0.25) is 0 Å². The van der Waals surface area contributed by atoms with E-state index in [2.05, 4.69) is 0 Å². The summed E-state index contributed by atoms with van der Waals surface area (Å²) in [5.74, 6) is 0.787. The molecular formula is C18H21NO2S. The van der Waals surface area contributed by atoms with Crippen LogP contribution in [-0.4, -0.2) is 24.5 Å². The van der Waals surface area contributed by atoms with Gasteiger partial charge in [-0.25, -0.2) is 0 Å². The molecule has 0 fully saturated rings. The number of rotatable bonds is 6. The maximum atomic E-state index is 12.4. The summed E-state index contributed by atoms with van der Waals surface area (Å²) in [5, 5.41) is 2.03. The molecule has 2 rings (SSSR count). The minimum absolute atomic E-state index is 0.0134. The molecule has 0 atom stereocenters. The largest absolute Gasteiger partial charge is 0.496 e. The van der Waals surface area contributed by atoms with E-state index in [1.807, 2.05) is 60.5 Å². The molecule has 0 aliphatic carbocycles. The number of carbonyl (C=O) groups excluding carboxylic acids is 1. The van der Waals surface area contributed by atoms with E-state index in [0.29, 0.717) is 13.1 Å². The second kappa shape index (κ2) is 7.80. The predicted octanol–water partition coefficient (Wildman–Crippen LogP) is 4.13. The number of methoxy groups -OCH3 is 1. The van der Waals surface area contributed by atoms with Gasteiger partial charge in [-0.15, -0.1) is 11.3 Å². The number of thiophene rings is 1. The summed E-state index contributed by atoms with van der Waals surface area (Å²) in [6.07, 6.45) is 3.44. The van der Waals surface area contributed by atoms with Crippen molar-refractivity contribution in [2.75, 3.05) is 13.7 Å². The number of likely N-dealkylation sites (N-methyl/N-ethyl adjacent to an activating group) is 1. The fourth-order valence-corrected chi connectivity index (χ4v) is 2.91. The number of ether oxygens (including phenoxy) is 1. The quantitative estimate of drug-likeness (QED) is 0.750. The average molecular weight is 315 g/mol. The molecular weight excluding hydrogens is 294 g/mol. The highest BCUT2D eigenvalue weighted by atomic mass is 32.1. The van der Waals surface area contributed by atoms with Crippen molar-refractivity contribution >= 4 is 23.3 Å². The topological polar surface area (TPSA) is 29.5 Å². The number of hydrogen-bond donors (Lipinski definition) is 0. The van der Waals surface area contributed by atoms with Crippen molar-refractivity contribution in [1.29, 1.82) is 0 Å². The molecule has 0 aliphatic rings. The van der Waals surface area contributed by atoms with Crippen LogP contribution in [0.4, 0.5) is 0 Å². The maximum Gasteiger partial charge on any atom is 0.246 e. The third-order valence-corrected chi connectivity index (χ3v) is 4.27. The Balaban J connectivity index is 2.11. The Morgan fingerprint density at radius 2 is 2.18 bits per heavy atom. The van der Waals surface area contributed by atoms with Crippen molar-refractivity contribution < 1.29 is 9.53 Å². The summed E-state index contributed by atoms with van der Waals surface area (Å²) < 4.78 is 5.33. The van der Waals surface area contributed by atoms with E-state index in [-0.39, 0.29) is 5.91 Å². The Hall–Kier alpha value is -2.07. The van der Waals surface area contributed by atoms with Crippen LogP contribution in [0, 0.1) is 6.92 Å². The van der Waals surface area contributed by atoms with Gasteiger partial charge in [0.25, 0.3) is 0 Å². The van der Waals surface area contributed by atoms with Gasteiger partial charge in [0, 0.05) is 23.1 Å². The summed E-state index contributed by atoms with van der Waals surface area (Å²) in [6, 6.07) is 9.98. The number of amides is 1. The normalized spacial score (nSPS) is 10.9. The molecule has 3 nitrogen and oxygen atoms in total. The van der Waals surface area contributed by atoms with Gasteiger partial charge in [0.1, 0.15) is 5.75 Å². The van der Waals surface area contributed by atoms with Crippen molar-refractivity contribution in [1.82, 2.24) is 4.90 Å². The van der Waals surface area contributed by atoms with Crippen LogP contribution in [0.1, 0.15) is 22.9 Å². The summed E-state index contributed by atoms with van der Waals surface area (Å²) in [7, 11) is 1.64. The Labute approximate surface area is 135 Å². The summed E-state index contributed by atoms with van der Waals surface area (Å²) in [6.45, 7) is 5.36. The second-order valence-electron chi connectivity index (χ2n) is 5.01. The minimum atomic E-state index is 0.0134. The fourth-order valence-electron chi connectivity index (χ4n) is 2.19. The summed E-state index contributed by atoms with van der Waals surface area (Å²) >= 11 is 1.67. The van der Waals surface area contributed by atoms with E-state index in [4.69, 9.17) is 4.74 Å². The molecule has 22 heavy (non-hydrogen) atoms. The standard InChI is InChI=1S/C18H21NO2S/c1-4-19(13-16-6-5-11-22-16)18(20)10-8-15-12-14(2)7-9-17(15)21-3/h5-12H,4,13H2,1-3H3/b10-8+. The molecule has 1 amide bonds. The van der Waals surface area contributed by atoms with Crippen LogP contribution in [0.3, 0.4) is 0 Å². The Morgan fingerprint density at radius 1 is 1.36 bits per heavy atom. The van der Waals surface area contributed by atoms with Gasteiger partial charge >= 0.3 is 0 Å². The van der Waals surface area contributed by atoms with Crippen LogP contribution in [-0.2, 0) is 11.3 Å². The van der Waals surface area contributed by atoms with Crippen molar-refractivity contribution in [3.8, 4) is 5.75 Å². The zero-order valence-corrected chi connectivity index (χ0v) is 14.0. The van der Waals surface area contributed by atoms with Gasteiger partial charge in [-0.05, 0) is 43.5 Å². The van der Waals surface area contributed by atoms with Gasteiger partial charge in [0.05, 0.1) is 13.7 Å². The highest BCUT2D eigenvalue weighted by molar-refractivity contribution is 7.09. The van der Waals surface area contributed by atoms with Crippen molar-refractivity contribution in [2.45, 2.75) is 20.4 Å². The highest BCUT2D eigenvalue weighted by Crippen LogP contribution is 2.21. The third kappa shape index (κ3) is 4.21. The average Bonchev–Trinajstić information content (AvgIpc) is 3.03. The fraction of sp³-hybridized carbons (Fsp3) is 0.278. The van der Waals surface area contributed by atoms with Crippen LogP contribution in [0.15, 0.2) is 41.8 Å². The van der Waals surface area contributed by atoms with Crippen LogP contribution >= 0.6 is 11.3 Å². The zero-order valence-electron chi connectivity index (χ0n) is 13.2. The molecule has 116 valence electrons. The van der Waals surface area contributed by atoms with Gasteiger partial charge < -0.3 is 9.64 Å². The molecule has 0 radical (unpaired) electrons. The van der Waals surface area contributed by atoms with E-state index in [1.165, 1.54) is 4.88 Å². The van der Waals surface area contributed by atoms with Crippen molar-refractivity contribution in [3.05, 3.63) is 57.8 Å². The lowest BCUT2D eigenvalue weighted by Gasteiger charge is -2.18. The lowest BCUT2D eigenvalue weighted by atomic mass is 10.1. The summed E-state index contributed by atoms with van der Waals surface area (Å²) in [4.78, 5) is 15.4. The van der Waals surface area contributed by atoms with E-state index in [9.17, 15) is 4.79 Å². The van der Waals surface area contributed by atoms with Gasteiger partial charge in [-0.2, -0.15) is 0 Å². The number of benzene rings is 1. The molecule has 0 saturated heterocycles. The molecule has 0 unspecified atom stereocenters. The smallest absolute Gasteiger partial charge is 0.246 e. The van der Waals surface area contributed by atoms with E-state index < -0.39 is 0 Å². The maximum absolute atomic E-state index is 12.4. The highest BCUT2D eigenvalue weighted by Gasteiger charge is 2.10.